The molecular weight excluding hydrogens is 104 g/mol. The van der Waals surface area contributed by atoms with Gasteiger partial charge in [-0.15, -0.1) is 0 Å². The van der Waals surface area contributed by atoms with Crippen LogP contribution in [0.15, 0.2) is 0 Å². The van der Waals surface area contributed by atoms with Crippen molar-refractivity contribution >= 4 is 0 Å². The number of aliphatic hydroxyl groups is 1. The number of rotatable bonds is 1. The van der Waals surface area contributed by atoms with E-state index in [1.807, 2.05) is 0 Å². The van der Waals surface area contributed by atoms with Crippen LogP contribution < -0.4 is 11.9 Å². The Kier molecular flexibility index (Phi) is 30.9. The molecule has 0 saturated heterocycles. The Labute approximate surface area is 51.5 Å². The first-order chi connectivity index (χ1) is 3.27. The Balaban J connectivity index is -0.0000000750. The van der Waals surface area contributed by atoms with Crippen LogP contribution in [0.5, 0.6) is 0 Å². The summed E-state index contributed by atoms with van der Waals surface area (Å²) in [5.41, 5.74) is 5.17. The second kappa shape index (κ2) is 15.8. The van der Waals surface area contributed by atoms with Crippen LogP contribution >= 0.6 is 0 Å². The van der Waals surface area contributed by atoms with Crippen LogP contribution in [0.4, 0.5) is 0 Å². The molecule has 0 heterocycles. The predicted octanol–water partition coefficient (Wildman–Crippen LogP) is 0.372. The van der Waals surface area contributed by atoms with Crippen molar-refractivity contribution in [3.8, 4) is 0 Å². The van der Waals surface area contributed by atoms with Crippen molar-refractivity contribution in [1.29, 1.82) is 0 Å². The van der Waals surface area contributed by atoms with E-state index >= 15 is 0 Å². The fourth-order valence-electron chi connectivity index (χ4n) is 0. The SMILES string of the molecule is CC(C)CN.CO.N. The van der Waals surface area contributed by atoms with Gasteiger partial charge in [0.2, 0.25) is 0 Å². The molecule has 0 atom stereocenters. The summed E-state index contributed by atoms with van der Waals surface area (Å²) < 4.78 is 0. The molecule has 0 amide bonds. The quantitative estimate of drug-likeness (QED) is 0.470. The third kappa shape index (κ3) is 39.6. The molecule has 0 fully saturated rings. The van der Waals surface area contributed by atoms with Crippen molar-refractivity contribution in [2.24, 2.45) is 11.7 Å². The second-order valence-electron chi connectivity index (χ2n) is 1.63. The van der Waals surface area contributed by atoms with Crippen molar-refractivity contribution in [1.82, 2.24) is 6.15 Å². The van der Waals surface area contributed by atoms with E-state index < -0.39 is 0 Å². The van der Waals surface area contributed by atoms with Gasteiger partial charge in [-0.1, -0.05) is 13.8 Å². The molecule has 0 aromatic heterocycles. The average molecular weight is 122 g/mol. The molecule has 6 N–H and O–H groups in total. The molecule has 0 rings (SSSR count). The van der Waals surface area contributed by atoms with Gasteiger partial charge in [0, 0.05) is 7.11 Å². The van der Waals surface area contributed by atoms with E-state index in [2.05, 4.69) is 13.8 Å². The zero-order chi connectivity index (χ0) is 6.28. The maximum Gasteiger partial charge on any atom is 0.0319 e. The van der Waals surface area contributed by atoms with Crippen LogP contribution in [0.1, 0.15) is 13.8 Å². The van der Waals surface area contributed by atoms with Gasteiger partial charge in [-0.05, 0) is 12.5 Å². The Morgan fingerprint density at radius 1 is 1.38 bits per heavy atom. The van der Waals surface area contributed by atoms with E-state index in [-0.39, 0.29) is 6.15 Å². The minimum absolute atomic E-state index is 0. The van der Waals surface area contributed by atoms with Crippen molar-refractivity contribution in [2.75, 3.05) is 13.7 Å². The molecular formula is C5H18N2O. The zero-order valence-corrected chi connectivity index (χ0v) is 6.02. The largest absolute Gasteiger partial charge is 0.400 e. The fraction of sp³-hybridized carbons (Fsp3) is 1.00. The van der Waals surface area contributed by atoms with E-state index in [0.29, 0.717) is 5.92 Å². The van der Waals surface area contributed by atoms with Gasteiger partial charge in [0.1, 0.15) is 0 Å². The Bertz CT molecular complexity index is 24.4. The average Bonchev–Trinajstić information content (AvgIpc) is 1.73. The summed E-state index contributed by atoms with van der Waals surface area (Å²) in [5.74, 6) is 0.662. The molecule has 0 saturated carbocycles. The first kappa shape index (κ1) is 15.7. The lowest BCUT2D eigenvalue weighted by molar-refractivity contribution is 0.399. The lowest BCUT2D eigenvalue weighted by Gasteiger charge is -1.91. The smallest absolute Gasteiger partial charge is 0.0319 e. The predicted molar refractivity (Wildman–Crippen MR) is 37.1 cm³/mol. The standard InChI is InChI=1S/C4H11N.CH4O.H3N/c1-4(2)3-5;1-2;/h4H,3,5H2,1-2H3;2H,1H3;1H3. The van der Waals surface area contributed by atoms with E-state index in [1.165, 1.54) is 0 Å². The Morgan fingerprint density at radius 2 is 1.50 bits per heavy atom. The van der Waals surface area contributed by atoms with E-state index in [1.54, 1.807) is 0 Å². The second-order valence-corrected chi connectivity index (χ2v) is 1.63. The highest BCUT2D eigenvalue weighted by Crippen LogP contribution is 1.81. The van der Waals surface area contributed by atoms with Crippen molar-refractivity contribution in [3.63, 3.8) is 0 Å². The molecule has 0 bridgehead atoms. The normalized spacial score (nSPS) is 6.75. The summed E-state index contributed by atoms with van der Waals surface area (Å²) >= 11 is 0. The highest BCUT2D eigenvalue weighted by Gasteiger charge is 1.80. The molecule has 0 spiro atoms. The minimum atomic E-state index is 0. The first-order valence-corrected chi connectivity index (χ1v) is 2.42. The summed E-state index contributed by atoms with van der Waals surface area (Å²) in [7, 11) is 1.00. The molecule has 0 aliphatic heterocycles. The zero-order valence-electron chi connectivity index (χ0n) is 6.02. The summed E-state index contributed by atoms with van der Waals surface area (Å²) in [6, 6.07) is 0. The third-order valence-corrected chi connectivity index (χ3v) is 0.471. The number of hydrogen-bond acceptors (Lipinski definition) is 3. The monoisotopic (exact) mass is 122 g/mol. The van der Waals surface area contributed by atoms with Crippen molar-refractivity contribution < 1.29 is 5.11 Å². The van der Waals surface area contributed by atoms with Crippen LogP contribution in [-0.2, 0) is 0 Å². The molecule has 0 aromatic rings. The van der Waals surface area contributed by atoms with Crippen LogP contribution in [0.25, 0.3) is 0 Å². The summed E-state index contributed by atoms with van der Waals surface area (Å²) in [6.45, 7) is 5.00. The van der Waals surface area contributed by atoms with Crippen LogP contribution in [0.3, 0.4) is 0 Å². The summed E-state index contributed by atoms with van der Waals surface area (Å²) in [6.07, 6.45) is 0. The van der Waals surface area contributed by atoms with Crippen LogP contribution in [0, 0.1) is 5.92 Å². The van der Waals surface area contributed by atoms with Gasteiger partial charge >= 0.3 is 0 Å². The molecule has 0 aliphatic rings. The Hall–Kier alpha value is -0.120. The van der Waals surface area contributed by atoms with Gasteiger partial charge in [-0.2, -0.15) is 0 Å². The maximum absolute atomic E-state index is 7.00. The van der Waals surface area contributed by atoms with Gasteiger partial charge in [0.15, 0.2) is 0 Å². The maximum atomic E-state index is 7.00. The molecule has 8 heavy (non-hydrogen) atoms. The Morgan fingerprint density at radius 3 is 1.50 bits per heavy atom. The van der Waals surface area contributed by atoms with Crippen LogP contribution in [-0.4, -0.2) is 18.8 Å². The van der Waals surface area contributed by atoms with E-state index in [9.17, 15) is 0 Å². The van der Waals surface area contributed by atoms with Gasteiger partial charge in [-0.25, -0.2) is 0 Å². The molecule has 3 heteroatoms. The van der Waals surface area contributed by atoms with Gasteiger partial charge < -0.3 is 17.0 Å². The van der Waals surface area contributed by atoms with E-state index in [4.69, 9.17) is 10.8 Å². The highest BCUT2D eigenvalue weighted by atomic mass is 16.2. The van der Waals surface area contributed by atoms with E-state index in [0.717, 1.165) is 13.7 Å². The van der Waals surface area contributed by atoms with Crippen molar-refractivity contribution in [3.05, 3.63) is 0 Å². The number of nitrogens with two attached hydrogens (primary N) is 1. The lowest BCUT2D eigenvalue weighted by Crippen LogP contribution is -2.05. The fourth-order valence-corrected chi connectivity index (χ4v) is 0. The van der Waals surface area contributed by atoms with Gasteiger partial charge in [-0.3, -0.25) is 0 Å². The molecule has 0 aromatic carbocycles. The molecule has 54 valence electrons. The number of aliphatic hydroxyl groups excluding tert-OH is 1. The lowest BCUT2D eigenvalue weighted by atomic mass is 10.2. The molecule has 3 nitrogen and oxygen atoms in total. The topological polar surface area (TPSA) is 81.2 Å². The van der Waals surface area contributed by atoms with Crippen LogP contribution in [0.2, 0.25) is 0 Å². The number of hydrogen-bond donors (Lipinski definition) is 3. The first-order valence-electron chi connectivity index (χ1n) is 2.42. The molecule has 0 radical (unpaired) electrons. The summed E-state index contributed by atoms with van der Waals surface area (Å²) in [4.78, 5) is 0. The van der Waals surface area contributed by atoms with Gasteiger partial charge in [0.25, 0.3) is 0 Å². The highest BCUT2D eigenvalue weighted by molar-refractivity contribution is 4.38. The van der Waals surface area contributed by atoms with Gasteiger partial charge in [0.05, 0.1) is 0 Å². The van der Waals surface area contributed by atoms with Crippen molar-refractivity contribution in [2.45, 2.75) is 13.8 Å². The molecule has 0 unspecified atom stereocenters. The third-order valence-electron chi connectivity index (χ3n) is 0.471. The summed E-state index contributed by atoms with van der Waals surface area (Å²) in [5, 5.41) is 7.00. The molecule has 0 aliphatic carbocycles. The minimum Gasteiger partial charge on any atom is -0.400 e.